The Balaban J connectivity index is 1.44. The van der Waals surface area contributed by atoms with Gasteiger partial charge in [0.15, 0.2) is 12.1 Å². The Morgan fingerprint density at radius 2 is 1.88 bits per heavy atom. The zero-order valence-corrected chi connectivity index (χ0v) is 17.7. The second kappa shape index (κ2) is 8.22. The SMILES string of the molecule is Cc1ccc(C(=O)NC2CC2)cc1-n1ncc(C(=O)c2cccc(C3OCCO3)c2)c1N. The number of aryl methyl sites for hydroxylation is 1. The molecule has 3 N–H and O–H groups in total. The van der Waals surface area contributed by atoms with Crippen LogP contribution in [0, 0.1) is 6.92 Å². The Hall–Kier alpha value is -3.49. The molecule has 2 fully saturated rings. The fourth-order valence-electron chi connectivity index (χ4n) is 3.73. The van der Waals surface area contributed by atoms with E-state index in [0.717, 1.165) is 24.0 Å². The quantitative estimate of drug-likeness (QED) is 0.580. The van der Waals surface area contributed by atoms with Crippen molar-refractivity contribution in [2.45, 2.75) is 32.1 Å². The number of hydrogen-bond acceptors (Lipinski definition) is 6. The Kier molecular flexibility index (Phi) is 5.24. The van der Waals surface area contributed by atoms with Crippen LogP contribution in [-0.4, -0.2) is 40.7 Å². The maximum atomic E-state index is 13.2. The third kappa shape index (κ3) is 3.90. The molecule has 32 heavy (non-hydrogen) atoms. The summed E-state index contributed by atoms with van der Waals surface area (Å²) in [5, 5.41) is 7.34. The molecular weight excluding hydrogens is 408 g/mol. The fraction of sp³-hybridized carbons (Fsp3) is 0.292. The summed E-state index contributed by atoms with van der Waals surface area (Å²) >= 11 is 0. The predicted molar refractivity (Wildman–Crippen MR) is 118 cm³/mol. The number of aromatic nitrogens is 2. The minimum atomic E-state index is -0.463. The van der Waals surface area contributed by atoms with Crippen LogP contribution < -0.4 is 11.1 Å². The van der Waals surface area contributed by atoms with Crippen LogP contribution in [0.3, 0.4) is 0 Å². The number of benzene rings is 2. The Labute approximate surface area is 185 Å². The molecule has 1 saturated carbocycles. The molecule has 0 radical (unpaired) electrons. The van der Waals surface area contributed by atoms with Crippen molar-refractivity contribution in [2.24, 2.45) is 0 Å². The van der Waals surface area contributed by atoms with Gasteiger partial charge in [0.1, 0.15) is 5.82 Å². The van der Waals surface area contributed by atoms with E-state index in [2.05, 4.69) is 10.4 Å². The van der Waals surface area contributed by atoms with E-state index >= 15 is 0 Å². The number of nitrogens with zero attached hydrogens (tertiary/aromatic N) is 2. The van der Waals surface area contributed by atoms with Crippen LogP contribution in [0.4, 0.5) is 5.82 Å². The van der Waals surface area contributed by atoms with Crippen LogP contribution in [-0.2, 0) is 9.47 Å². The lowest BCUT2D eigenvalue weighted by molar-refractivity contribution is -0.0441. The predicted octanol–water partition coefficient (Wildman–Crippen LogP) is 2.93. The summed E-state index contributed by atoms with van der Waals surface area (Å²) in [4.78, 5) is 25.7. The third-order valence-electron chi connectivity index (χ3n) is 5.71. The van der Waals surface area contributed by atoms with Crippen molar-refractivity contribution in [3.63, 3.8) is 0 Å². The first kappa shape index (κ1) is 20.4. The topological polar surface area (TPSA) is 108 Å². The molecule has 0 unspecified atom stereocenters. The molecule has 5 rings (SSSR count). The molecule has 2 heterocycles. The molecule has 0 spiro atoms. The minimum Gasteiger partial charge on any atom is -0.383 e. The highest BCUT2D eigenvalue weighted by Gasteiger charge is 2.25. The minimum absolute atomic E-state index is 0.121. The summed E-state index contributed by atoms with van der Waals surface area (Å²) in [5.41, 5.74) is 9.98. The molecule has 0 atom stereocenters. The van der Waals surface area contributed by atoms with Crippen LogP contribution in [0.5, 0.6) is 0 Å². The number of hydrogen-bond donors (Lipinski definition) is 2. The maximum Gasteiger partial charge on any atom is 0.251 e. The summed E-state index contributed by atoms with van der Waals surface area (Å²) < 4.78 is 12.6. The number of anilines is 1. The molecule has 0 bridgehead atoms. The van der Waals surface area contributed by atoms with E-state index in [9.17, 15) is 9.59 Å². The summed E-state index contributed by atoms with van der Waals surface area (Å²) in [6, 6.07) is 12.8. The second-order valence-corrected chi connectivity index (χ2v) is 8.13. The average Bonchev–Trinajstić information content (AvgIpc) is 3.29. The largest absolute Gasteiger partial charge is 0.383 e. The first-order valence-corrected chi connectivity index (χ1v) is 10.6. The van der Waals surface area contributed by atoms with Gasteiger partial charge in [0.2, 0.25) is 0 Å². The van der Waals surface area contributed by atoms with Crippen LogP contribution >= 0.6 is 0 Å². The molecule has 1 aliphatic heterocycles. The van der Waals surface area contributed by atoms with Crippen LogP contribution in [0.25, 0.3) is 5.69 Å². The Bertz CT molecular complexity index is 1190. The molecule has 1 saturated heterocycles. The van der Waals surface area contributed by atoms with Crippen molar-refractivity contribution in [2.75, 3.05) is 18.9 Å². The van der Waals surface area contributed by atoms with E-state index in [0.29, 0.717) is 35.6 Å². The number of nitrogens with two attached hydrogens (primary N) is 1. The molecular formula is C24H24N4O4. The van der Waals surface area contributed by atoms with Crippen molar-refractivity contribution < 1.29 is 19.1 Å². The van der Waals surface area contributed by atoms with Crippen LogP contribution in [0.15, 0.2) is 48.7 Å². The lowest BCUT2D eigenvalue weighted by Crippen LogP contribution is -2.25. The molecule has 3 aromatic rings. The van der Waals surface area contributed by atoms with Gasteiger partial charge in [-0.25, -0.2) is 4.68 Å². The smallest absolute Gasteiger partial charge is 0.251 e. The van der Waals surface area contributed by atoms with Crippen molar-refractivity contribution >= 4 is 17.5 Å². The van der Waals surface area contributed by atoms with Gasteiger partial charge in [-0.05, 0) is 43.5 Å². The summed E-state index contributed by atoms with van der Waals surface area (Å²) in [5.74, 6) is -0.144. The molecule has 8 heteroatoms. The lowest BCUT2D eigenvalue weighted by atomic mass is 10.0. The second-order valence-electron chi connectivity index (χ2n) is 8.13. The Morgan fingerprint density at radius 1 is 1.09 bits per heavy atom. The number of nitrogen functional groups attached to an aromatic ring is 1. The molecule has 8 nitrogen and oxygen atoms in total. The average molecular weight is 432 g/mol. The molecule has 1 aliphatic carbocycles. The number of nitrogens with one attached hydrogen (secondary N) is 1. The number of carbonyl (C=O) groups excluding carboxylic acids is 2. The molecule has 1 amide bonds. The van der Waals surface area contributed by atoms with E-state index in [-0.39, 0.29) is 23.6 Å². The van der Waals surface area contributed by atoms with Crippen molar-refractivity contribution in [1.29, 1.82) is 0 Å². The number of ether oxygens (including phenoxy) is 2. The van der Waals surface area contributed by atoms with Gasteiger partial charge in [0, 0.05) is 22.7 Å². The van der Waals surface area contributed by atoms with Crippen molar-refractivity contribution in [1.82, 2.24) is 15.1 Å². The fourth-order valence-corrected chi connectivity index (χ4v) is 3.73. The molecule has 2 aliphatic rings. The first-order chi connectivity index (χ1) is 15.5. The van der Waals surface area contributed by atoms with Gasteiger partial charge in [0.05, 0.1) is 30.7 Å². The third-order valence-corrected chi connectivity index (χ3v) is 5.71. The monoisotopic (exact) mass is 432 g/mol. The summed E-state index contributed by atoms with van der Waals surface area (Å²) in [6.07, 6.45) is 3.03. The van der Waals surface area contributed by atoms with Gasteiger partial charge < -0.3 is 20.5 Å². The zero-order valence-electron chi connectivity index (χ0n) is 17.7. The van der Waals surface area contributed by atoms with E-state index < -0.39 is 6.29 Å². The standard InChI is InChI=1S/C24H24N4O4/c1-14-5-6-16(23(30)27-18-7-8-18)12-20(14)28-22(25)19(13-26-28)21(29)15-3-2-4-17(11-15)24-31-9-10-32-24/h2-6,11-13,18,24H,7-10,25H2,1H3,(H,27,30). The highest BCUT2D eigenvalue weighted by atomic mass is 16.7. The van der Waals surface area contributed by atoms with E-state index in [1.165, 1.54) is 10.9 Å². The maximum absolute atomic E-state index is 13.2. The van der Waals surface area contributed by atoms with Crippen molar-refractivity contribution in [3.8, 4) is 5.69 Å². The van der Waals surface area contributed by atoms with Gasteiger partial charge >= 0.3 is 0 Å². The van der Waals surface area contributed by atoms with Crippen LogP contribution in [0.2, 0.25) is 0 Å². The van der Waals surface area contributed by atoms with E-state index in [1.54, 1.807) is 30.3 Å². The van der Waals surface area contributed by atoms with Gasteiger partial charge in [-0.1, -0.05) is 24.3 Å². The van der Waals surface area contributed by atoms with Crippen molar-refractivity contribution in [3.05, 3.63) is 76.5 Å². The zero-order chi connectivity index (χ0) is 22.2. The van der Waals surface area contributed by atoms with Gasteiger partial charge in [0.25, 0.3) is 5.91 Å². The van der Waals surface area contributed by atoms with Gasteiger partial charge in [-0.2, -0.15) is 5.10 Å². The normalized spacial score (nSPS) is 16.3. The lowest BCUT2D eigenvalue weighted by Gasteiger charge is -2.12. The first-order valence-electron chi connectivity index (χ1n) is 10.6. The van der Waals surface area contributed by atoms with E-state index in [1.807, 2.05) is 19.1 Å². The molecule has 164 valence electrons. The Morgan fingerprint density at radius 3 is 2.62 bits per heavy atom. The molecule has 2 aromatic carbocycles. The van der Waals surface area contributed by atoms with Gasteiger partial charge in [-0.15, -0.1) is 0 Å². The van der Waals surface area contributed by atoms with E-state index in [4.69, 9.17) is 15.2 Å². The van der Waals surface area contributed by atoms with Gasteiger partial charge in [-0.3, -0.25) is 9.59 Å². The molecule has 1 aromatic heterocycles. The number of carbonyl (C=O) groups is 2. The number of amides is 1. The summed E-state index contributed by atoms with van der Waals surface area (Å²) in [7, 11) is 0. The summed E-state index contributed by atoms with van der Waals surface area (Å²) in [6.45, 7) is 2.96. The number of rotatable bonds is 6. The van der Waals surface area contributed by atoms with Crippen LogP contribution in [0.1, 0.15) is 56.5 Å². The highest BCUT2D eigenvalue weighted by Crippen LogP contribution is 2.27. The highest BCUT2D eigenvalue weighted by molar-refractivity contribution is 6.11. The number of ketones is 1.